The van der Waals surface area contributed by atoms with Gasteiger partial charge in [-0.15, -0.1) is 0 Å². The minimum Gasteiger partial charge on any atom is -0.359 e. The van der Waals surface area contributed by atoms with Crippen LogP contribution < -0.4 is 0 Å². The lowest BCUT2D eigenvalue weighted by Crippen LogP contribution is -2.47. The molecule has 0 fully saturated rings. The van der Waals surface area contributed by atoms with Crippen molar-refractivity contribution in [1.29, 1.82) is 0 Å². The molecule has 0 saturated heterocycles. The van der Waals surface area contributed by atoms with Crippen LogP contribution in [0.2, 0.25) is 0 Å². The van der Waals surface area contributed by atoms with Crippen molar-refractivity contribution in [3.05, 3.63) is 0 Å². The zero-order chi connectivity index (χ0) is 11.2. The summed E-state index contributed by atoms with van der Waals surface area (Å²) in [7, 11) is 0. The van der Waals surface area contributed by atoms with E-state index in [0.29, 0.717) is 12.8 Å². The molecule has 0 amide bonds. The van der Waals surface area contributed by atoms with E-state index in [0.717, 1.165) is 6.42 Å². The van der Waals surface area contributed by atoms with Gasteiger partial charge >= 0.3 is 6.18 Å². The molecule has 0 aromatic rings. The van der Waals surface area contributed by atoms with Crippen LogP contribution in [-0.2, 0) is 4.74 Å². The van der Waals surface area contributed by atoms with Crippen LogP contribution in [0.1, 0.15) is 39.5 Å². The first-order valence-electron chi connectivity index (χ1n) is 4.80. The summed E-state index contributed by atoms with van der Waals surface area (Å²) in [6.45, 7) is 3.16. The van der Waals surface area contributed by atoms with Crippen LogP contribution in [0.4, 0.5) is 13.2 Å². The van der Waals surface area contributed by atoms with Crippen LogP contribution in [0.3, 0.4) is 0 Å². The third-order valence-electron chi connectivity index (χ3n) is 1.95. The second kappa shape index (κ2) is 5.56. The molecular weight excluding hydrogens is 197 g/mol. The van der Waals surface area contributed by atoms with Crippen LogP contribution in [0, 0.1) is 0 Å². The second-order valence-electron chi connectivity index (χ2n) is 3.17. The molecule has 1 atom stereocenters. The lowest BCUT2D eigenvalue weighted by molar-refractivity contribution is -0.367. The van der Waals surface area contributed by atoms with Gasteiger partial charge in [-0.2, -0.15) is 13.2 Å². The maximum atomic E-state index is 12.3. The van der Waals surface area contributed by atoms with Gasteiger partial charge in [0.25, 0.3) is 5.79 Å². The molecule has 0 aliphatic rings. The molecule has 0 aromatic heterocycles. The minimum atomic E-state index is -4.71. The van der Waals surface area contributed by atoms with Crippen molar-refractivity contribution in [1.82, 2.24) is 0 Å². The fourth-order valence-corrected chi connectivity index (χ4v) is 1.15. The summed E-state index contributed by atoms with van der Waals surface area (Å²) < 4.78 is 41.4. The van der Waals surface area contributed by atoms with Crippen LogP contribution >= 0.6 is 0 Å². The first-order chi connectivity index (χ1) is 6.37. The Balaban J connectivity index is 4.25. The third kappa shape index (κ3) is 3.84. The molecule has 0 rings (SSSR count). The van der Waals surface area contributed by atoms with Gasteiger partial charge in [0.15, 0.2) is 0 Å². The number of halogens is 3. The van der Waals surface area contributed by atoms with Crippen LogP contribution in [0.5, 0.6) is 0 Å². The molecular formula is C9H17F3O2. The molecule has 1 N–H and O–H groups in total. The molecule has 0 saturated carbocycles. The fraction of sp³-hybridized carbons (Fsp3) is 1.00. The summed E-state index contributed by atoms with van der Waals surface area (Å²) in [4.78, 5) is 0. The van der Waals surface area contributed by atoms with E-state index >= 15 is 0 Å². The van der Waals surface area contributed by atoms with Crippen molar-refractivity contribution in [3.8, 4) is 0 Å². The number of hydrogen-bond acceptors (Lipinski definition) is 2. The standard InChI is InChI=1S/C9H17F3O2/c1-3-5-6-7-8(13,14-4-2)9(10,11)12/h13H,3-7H2,1-2H3. The van der Waals surface area contributed by atoms with Crippen molar-refractivity contribution < 1.29 is 23.0 Å². The number of alkyl halides is 3. The molecule has 0 radical (unpaired) electrons. The molecule has 14 heavy (non-hydrogen) atoms. The summed E-state index contributed by atoms with van der Waals surface area (Å²) >= 11 is 0. The highest BCUT2D eigenvalue weighted by Gasteiger charge is 2.54. The molecule has 0 aliphatic heterocycles. The molecule has 1 unspecified atom stereocenters. The number of unbranched alkanes of at least 4 members (excludes halogenated alkanes) is 2. The summed E-state index contributed by atoms with van der Waals surface area (Å²) in [5.41, 5.74) is 0. The van der Waals surface area contributed by atoms with E-state index in [-0.39, 0.29) is 6.61 Å². The van der Waals surface area contributed by atoms with E-state index in [1.807, 2.05) is 6.92 Å². The SMILES string of the molecule is CCCCCC(O)(OCC)C(F)(F)F. The van der Waals surface area contributed by atoms with E-state index in [4.69, 9.17) is 0 Å². The van der Waals surface area contributed by atoms with E-state index in [9.17, 15) is 18.3 Å². The Morgan fingerprint density at radius 2 is 1.71 bits per heavy atom. The molecule has 0 aliphatic carbocycles. The van der Waals surface area contributed by atoms with Crippen molar-refractivity contribution in [3.63, 3.8) is 0 Å². The zero-order valence-corrected chi connectivity index (χ0v) is 8.52. The fourth-order valence-electron chi connectivity index (χ4n) is 1.15. The monoisotopic (exact) mass is 214 g/mol. The Hall–Kier alpha value is -0.290. The summed E-state index contributed by atoms with van der Waals surface area (Å²) in [6, 6.07) is 0. The molecule has 86 valence electrons. The van der Waals surface area contributed by atoms with Crippen molar-refractivity contribution in [2.45, 2.75) is 51.5 Å². The van der Waals surface area contributed by atoms with Crippen LogP contribution in [0.15, 0.2) is 0 Å². The molecule has 0 spiro atoms. The van der Waals surface area contributed by atoms with Gasteiger partial charge in [-0.25, -0.2) is 0 Å². The van der Waals surface area contributed by atoms with Crippen molar-refractivity contribution in [2.24, 2.45) is 0 Å². The molecule has 2 nitrogen and oxygen atoms in total. The van der Waals surface area contributed by atoms with Crippen molar-refractivity contribution >= 4 is 0 Å². The largest absolute Gasteiger partial charge is 0.443 e. The minimum absolute atomic E-state index is 0.151. The highest BCUT2D eigenvalue weighted by molar-refractivity contribution is 4.76. The summed E-state index contributed by atoms with van der Waals surface area (Å²) in [5.74, 6) is -2.96. The van der Waals surface area contributed by atoms with E-state index in [2.05, 4.69) is 4.74 Å². The van der Waals surface area contributed by atoms with Gasteiger partial charge < -0.3 is 9.84 Å². The first-order valence-corrected chi connectivity index (χ1v) is 4.80. The predicted octanol–water partition coefficient (Wildman–Crippen LogP) is 2.85. The highest BCUT2D eigenvalue weighted by Crippen LogP contribution is 2.35. The normalized spacial score (nSPS) is 16.7. The van der Waals surface area contributed by atoms with E-state index in [1.165, 1.54) is 6.92 Å². The van der Waals surface area contributed by atoms with Gasteiger partial charge in [0, 0.05) is 13.0 Å². The Morgan fingerprint density at radius 1 is 1.14 bits per heavy atom. The van der Waals surface area contributed by atoms with Gasteiger partial charge in [-0.05, 0) is 13.3 Å². The maximum Gasteiger partial charge on any atom is 0.443 e. The first kappa shape index (κ1) is 13.7. The topological polar surface area (TPSA) is 29.5 Å². The summed E-state index contributed by atoms with van der Waals surface area (Å²) in [5, 5.41) is 9.23. The Kier molecular flexibility index (Phi) is 5.44. The zero-order valence-electron chi connectivity index (χ0n) is 8.52. The molecule has 0 bridgehead atoms. The Labute approximate surface area is 82.1 Å². The third-order valence-corrected chi connectivity index (χ3v) is 1.95. The Morgan fingerprint density at radius 3 is 2.07 bits per heavy atom. The predicted molar refractivity (Wildman–Crippen MR) is 46.8 cm³/mol. The van der Waals surface area contributed by atoms with Crippen LogP contribution in [0.25, 0.3) is 0 Å². The van der Waals surface area contributed by atoms with E-state index in [1.54, 1.807) is 0 Å². The number of rotatable bonds is 6. The Bertz CT molecular complexity index is 159. The number of hydrogen-bond donors (Lipinski definition) is 1. The highest BCUT2D eigenvalue weighted by atomic mass is 19.4. The average Bonchev–Trinajstić information content (AvgIpc) is 2.03. The number of aliphatic hydroxyl groups is 1. The summed E-state index contributed by atoms with van der Waals surface area (Å²) in [6.07, 6.45) is -3.33. The smallest absolute Gasteiger partial charge is 0.359 e. The van der Waals surface area contributed by atoms with Gasteiger partial charge in [-0.3, -0.25) is 0 Å². The quantitative estimate of drug-likeness (QED) is 0.544. The average molecular weight is 214 g/mol. The molecule has 5 heteroatoms. The number of ether oxygens (including phenoxy) is 1. The van der Waals surface area contributed by atoms with Crippen molar-refractivity contribution in [2.75, 3.05) is 6.61 Å². The van der Waals surface area contributed by atoms with Gasteiger partial charge in [-0.1, -0.05) is 19.8 Å². The van der Waals surface area contributed by atoms with Gasteiger partial charge in [0.1, 0.15) is 0 Å². The molecule has 0 aromatic carbocycles. The van der Waals surface area contributed by atoms with Gasteiger partial charge in [0.05, 0.1) is 0 Å². The second-order valence-corrected chi connectivity index (χ2v) is 3.17. The lowest BCUT2D eigenvalue weighted by Gasteiger charge is -2.29. The van der Waals surface area contributed by atoms with Crippen LogP contribution in [-0.4, -0.2) is 23.7 Å². The maximum absolute atomic E-state index is 12.3. The van der Waals surface area contributed by atoms with Gasteiger partial charge in [0.2, 0.25) is 0 Å². The van der Waals surface area contributed by atoms with E-state index < -0.39 is 18.4 Å². The lowest BCUT2D eigenvalue weighted by atomic mass is 10.1. The molecule has 0 heterocycles.